The number of imidazole rings is 1. The molecule has 2 aliphatic rings. The van der Waals surface area contributed by atoms with E-state index in [1.54, 1.807) is 34.7 Å². The number of nitrogens with zero attached hydrogens (tertiary/aromatic N) is 5. The number of hydrogen-bond donors (Lipinski definition) is 2. The number of rotatable bonds is 6. The van der Waals surface area contributed by atoms with E-state index in [1.807, 2.05) is 24.3 Å². The van der Waals surface area contributed by atoms with E-state index < -0.39 is 24.3 Å². The summed E-state index contributed by atoms with van der Waals surface area (Å²) in [7, 11) is 0. The van der Waals surface area contributed by atoms with Crippen LogP contribution in [0.1, 0.15) is 35.3 Å². The van der Waals surface area contributed by atoms with E-state index in [9.17, 15) is 13.6 Å². The van der Waals surface area contributed by atoms with E-state index in [4.69, 9.17) is 28.3 Å². The second-order valence-electron chi connectivity index (χ2n) is 10.6. The Labute approximate surface area is 253 Å². The number of aromatic nitrogens is 5. The summed E-state index contributed by atoms with van der Waals surface area (Å²) in [6.07, 6.45) is 3.71. The Kier molecular flexibility index (Phi) is 7.21. The topological polar surface area (TPSA) is 89.7 Å². The Morgan fingerprint density at radius 1 is 1.19 bits per heavy atom. The maximum absolute atomic E-state index is 14.5. The predicted molar refractivity (Wildman–Crippen MR) is 160 cm³/mol. The summed E-state index contributed by atoms with van der Waals surface area (Å²) in [5.74, 6) is -0.573. The number of thiazole rings is 1. The molecule has 3 aromatic heterocycles. The number of anilines is 1. The van der Waals surface area contributed by atoms with Gasteiger partial charge in [0, 0.05) is 53.3 Å². The van der Waals surface area contributed by atoms with Crippen LogP contribution in [0.15, 0.2) is 54.4 Å². The number of carbonyl (C=O) groups excluding carboxylic acids is 1. The molecule has 2 aromatic carbocycles. The number of nitrogens with one attached hydrogen (secondary N) is 2. The Morgan fingerprint density at radius 2 is 2.02 bits per heavy atom. The van der Waals surface area contributed by atoms with Crippen molar-refractivity contribution in [1.82, 2.24) is 29.6 Å². The lowest BCUT2D eigenvalue weighted by molar-refractivity contribution is -0.118. The number of benzene rings is 2. The van der Waals surface area contributed by atoms with Gasteiger partial charge in [0.15, 0.2) is 11.2 Å². The minimum absolute atomic E-state index is 0.151. The zero-order chi connectivity index (χ0) is 29.0. The van der Waals surface area contributed by atoms with Gasteiger partial charge in [-0.15, -0.1) is 11.3 Å². The normalized spacial score (nSPS) is 21.0. The average Bonchev–Trinajstić information content (AvgIpc) is 3.78. The van der Waals surface area contributed by atoms with Crippen molar-refractivity contribution in [1.29, 1.82) is 0 Å². The Hall–Kier alpha value is -3.38. The van der Waals surface area contributed by atoms with Gasteiger partial charge in [0.2, 0.25) is 0 Å². The van der Waals surface area contributed by atoms with E-state index in [0.717, 1.165) is 24.1 Å². The molecule has 4 atom stereocenters. The van der Waals surface area contributed by atoms with Crippen LogP contribution in [-0.4, -0.2) is 55.7 Å². The summed E-state index contributed by atoms with van der Waals surface area (Å²) in [4.78, 5) is 22.3. The molecule has 216 valence electrons. The fraction of sp³-hybridized carbons (Fsp3) is 0.310. The molecular formula is C29H25Cl2F2N7OS. The highest BCUT2D eigenvalue weighted by Crippen LogP contribution is 2.40. The van der Waals surface area contributed by atoms with E-state index in [1.165, 1.54) is 16.0 Å². The van der Waals surface area contributed by atoms with Crippen LogP contribution in [0, 0.1) is 0 Å². The number of hydrogen-bond acceptors (Lipinski definition) is 6. The quantitative estimate of drug-likeness (QED) is 0.234. The Morgan fingerprint density at radius 3 is 2.79 bits per heavy atom. The van der Waals surface area contributed by atoms with E-state index in [2.05, 4.69) is 20.6 Å². The van der Waals surface area contributed by atoms with Crippen LogP contribution in [0.25, 0.3) is 22.0 Å². The smallest absolute Gasteiger partial charge is 0.257 e. The van der Waals surface area contributed by atoms with Crippen molar-refractivity contribution in [2.24, 2.45) is 0 Å². The SMILES string of the molecule is O=C(Nc1nccs1)C(c1ncn2c1C[C@@H](F)C2)n1cc2c(Cl)cc(-c3ccc([C@H]4CCNC[C@@H]4F)cc3)c(Cl)c2n1. The highest BCUT2D eigenvalue weighted by atomic mass is 35.5. The number of carbonyl (C=O) groups is 1. The third kappa shape index (κ3) is 4.88. The number of fused-ring (bicyclic) bond motifs is 2. The molecule has 1 unspecified atom stereocenters. The zero-order valence-corrected chi connectivity index (χ0v) is 24.4. The van der Waals surface area contributed by atoms with Crippen LogP contribution in [0.4, 0.5) is 13.9 Å². The van der Waals surface area contributed by atoms with Crippen molar-refractivity contribution in [2.45, 2.75) is 43.7 Å². The average molecular weight is 629 g/mol. The number of halogens is 4. The van der Waals surface area contributed by atoms with E-state index in [-0.39, 0.29) is 18.9 Å². The highest BCUT2D eigenvalue weighted by Gasteiger charge is 2.35. The number of alkyl halides is 2. The summed E-state index contributed by atoms with van der Waals surface area (Å²) in [6.45, 7) is 1.33. The van der Waals surface area contributed by atoms with Crippen LogP contribution in [-0.2, 0) is 17.8 Å². The molecular weight excluding hydrogens is 603 g/mol. The van der Waals surface area contributed by atoms with Crippen LogP contribution < -0.4 is 10.6 Å². The largest absolute Gasteiger partial charge is 0.331 e. The summed E-state index contributed by atoms with van der Waals surface area (Å²) < 4.78 is 32.0. The fourth-order valence-corrected chi connectivity index (χ4v) is 7.00. The molecule has 0 aliphatic carbocycles. The summed E-state index contributed by atoms with van der Waals surface area (Å²) in [6, 6.07) is 8.44. The molecule has 7 rings (SSSR count). The second-order valence-corrected chi connectivity index (χ2v) is 12.3. The molecule has 8 nitrogen and oxygen atoms in total. The van der Waals surface area contributed by atoms with Crippen LogP contribution in [0.3, 0.4) is 0 Å². The summed E-state index contributed by atoms with van der Waals surface area (Å²) in [5, 5.41) is 14.2. The van der Waals surface area contributed by atoms with E-state index in [0.29, 0.717) is 49.6 Å². The molecule has 2 N–H and O–H groups in total. The first-order chi connectivity index (χ1) is 20.4. The van der Waals surface area contributed by atoms with Crippen molar-refractivity contribution in [3.63, 3.8) is 0 Å². The highest BCUT2D eigenvalue weighted by molar-refractivity contribution is 7.13. The van der Waals surface area contributed by atoms with Gasteiger partial charge in [-0.3, -0.25) is 14.8 Å². The molecule has 0 bridgehead atoms. The lowest BCUT2D eigenvalue weighted by Crippen LogP contribution is -2.36. The third-order valence-corrected chi connectivity index (χ3v) is 9.37. The van der Waals surface area contributed by atoms with Gasteiger partial charge in [-0.25, -0.2) is 18.7 Å². The maximum atomic E-state index is 14.5. The molecule has 1 amide bonds. The monoisotopic (exact) mass is 627 g/mol. The van der Waals surface area contributed by atoms with Gasteiger partial charge >= 0.3 is 0 Å². The first-order valence-electron chi connectivity index (χ1n) is 13.6. The summed E-state index contributed by atoms with van der Waals surface area (Å²) in [5.41, 5.74) is 3.88. The second kappa shape index (κ2) is 11.0. The van der Waals surface area contributed by atoms with Gasteiger partial charge in [-0.2, -0.15) is 5.10 Å². The minimum atomic E-state index is -1.05. The zero-order valence-electron chi connectivity index (χ0n) is 22.1. The van der Waals surface area contributed by atoms with Gasteiger partial charge < -0.3 is 9.88 Å². The van der Waals surface area contributed by atoms with Crippen LogP contribution in [0.5, 0.6) is 0 Å². The summed E-state index contributed by atoms with van der Waals surface area (Å²) >= 11 is 15.0. The Bertz CT molecular complexity index is 1770. The van der Waals surface area contributed by atoms with Gasteiger partial charge in [0.25, 0.3) is 5.91 Å². The molecule has 5 heterocycles. The van der Waals surface area contributed by atoms with Crippen molar-refractivity contribution >= 4 is 56.5 Å². The Balaban J connectivity index is 1.28. The van der Waals surface area contributed by atoms with Gasteiger partial charge in [0.05, 0.1) is 28.6 Å². The maximum Gasteiger partial charge on any atom is 0.257 e. The van der Waals surface area contributed by atoms with Crippen LogP contribution in [0.2, 0.25) is 10.0 Å². The first-order valence-corrected chi connectivity index (χ1v) is 15.2. The van der Waals surface area contributed by atoms with Crippen molar-refractivity contribution in [3.8, 4) is 11.1 Å². The minimum Gasteiger partial charge on any atom is -0.331 e. The number of piperidine rings is 1. The van der Waals surface area contributed by atoms with Gasteiger partial charge in [-0.05, 0) is 30.2 Å². The van der Waals surface area contributed by atoms with Crippen molar-refractivity contribution in [3.05, 3.63) is 81.4 Å². The molecule has 1 saturated heterocycles. The third-order valence-electron chi connectivity index (χ3n) is 7.99. The molecule has 2 aliphatic heterocycles. The molecule has 42 heavy (non-hydrogen) atoms. The van der Waals surface area contributed by atoms with Gasteiger partial charge in [-0.1, -0.05) is 47.5 Å². The van der Waals surface area contributed by atoms with Crippen LogP contribution >= 0.6 is 34.5 Å². The molecule has 0 spiro atoms. The molecule has 1 fully saturated rings. The first kappa shape index (κ1) is 27.5. The molecule has 0 saturated carbocycles. The van der Waals surface area contributed by atoms with E-state index >= 15 is 0 Å². The van der Waals surface area contributed by atoms with Crippen molar-refractivity contribution in [2.75, 3.05) is 18.4 Å². The lowest BCUT2D eigenvalue weighted by Gasteiger charge is -2.27. The van der Waals surface area contributed by atoms with Gasteiger partial charge in [0.1, 0.15) is 17.9 Å². The standard InChI is InChI=1S/C29H25Cl2F2N7OS/c30-21-10-19(16-3-1-15(2-4-16)18-5-6-34-11-22(18)33)24(31)25-20(21)13-40(38-25)27(28(41)37-29-35-7-8-42-29)26-23-9-17(32)12-39(23)14-36-26/h1-4,7-8,10,13-14,17-18,22,27,34H,5-6,9,11-12H2,(H,35,37,41)/t17-,18-,22+,27?/m1/s1. The molecule has 5 aromatic rings. The number of amides is 1. The lowest BCUT2D eigenvalue weighted by atomic mass is 9.88. The predicted octanol–water partition coefficient (Wildman–Crippen LogP) is 6.20. The van der Waals surface area contributed by atoms with Crippen molar-refractivity contribution < 1.29 is 13.6 Å². The fourth-order valence-electron chi connectivity index (χ4n) is 5.92. The molecule has 13 heteroatoms. The molecule has 0 radical (unpaired) electrons.